The maximum atomic E-state index is 5.87. The Morgan fingerprint density at radius 3 is 2.29 bits per heavy atom. The van der Waals surface area contributed by atoms with Gasteiger partial charge in [-0.25, -0.2) is 0 Å². The number of nitrogens with one attached hydrogen (secondary N) is 1. The van der Waals surface area contributed by atoms with Gasteiger partial charge in [-0.2, -0.15) is 0 Å². The lowest BCUT2D eigenvalue weighted by Crippen LogP contribution is -2.23. The zero-order valence-electron chi connectivity index (χ0n) is 13.1. The molecule has 0 radical (unpaired) electrons. The predicted octanol–water partition coefficient (Wildman–Crippen LogP) is 4.31. The molecule has 2 nitrogen and oxygen atoms in total. The van der Waals surface area contributed by atoms with Crippen LogP contribution < -0.4 is 10.1 Å². The Bertz CT molecular complexity index is 467. The first-order valence-corrected chi connectivity index (χ1v) is 8.87. The van der Waals surface area contributed by atoms with Crippen LogP contribution in [0.4, 0.5) is 0 Å². The SMILES string of the molecule is CCNC(c1ccc(OC2CC2)cc1)C1C2CCCCC21. The maximum absolute atomic E-state index is 5.87. The monoisotopic (exact) mass is 285 g/mol. The summed E-state index contributed by atoms with van der Waals surface area (Å²) >= 11 is 0. The third-order valence-corrected chi connectivity index (χ3v) is 5.60. The van der Waals surface area contributed by atoms with Crippen LogP contribution in [-0.2, 0) is 0 Å². The van der Waals surface area contributed by atoms with Crippen molar-refractivity contribution in [3.63, 3.8) is 0 Å². The molecular formula is C19H27NO. The zero-order chi connectivity index (χ0) is 14.2. The van der Waals surface area contributed by atoms with E-state index in [1.807, 2.05) is 0 Å². The highest BCUT2D eigenvalue weighted by molar-refractivity contribution is 5.31. The smallest absolute Gasteiger partial charge is 0.119 e. The highest BCUT2D eigenvalue weighted by atomic mass is 16.5. The van der Waals surface area contributed by atoms with Crippen molar-refractivity contribution >= 4 is 0 Å². The summed E-state index contributed by atoms with van der Waals surface area (Å²) in [4.78, 5) is 0. The van der Waals surface area contributed by atoms with Gasteiger partial charge in [0.15, 0.2) is 0 Å². The van der Waals surface area contributed by atoms with E-state index in [1.165, 1.54) is 44.1 Å². The van der Waals surface area contributed by atoms with Crippen molar-refractivity contribution in [2.45, 2.75) is 57.6 Å². The third kappa shape index (κ3) is 2.83. The van der Waals surface area contributed by atoms with E-state index in [0.717, 1.165) is 30.0 Å². The van der Waals surface area contributed by atoms with Crippen LogP contribution >= 0.6 is 0 Å². The van der Waals surface area contributed by atoms with Crippen LogP contribution in [0, 0.1) is 17.8 Å². The van der Waals surface area contributed by atoms with E-state index < -0.39 is 0 Å². The summed E-state index contributed by atoms with van der Waals surface area (Å²) in [5, 5.41) is 3.75. The number of fused-ring (bicyclic) bond motifs is 1. The average molecular weight is 285 g/mol. The van der Waals surface area contributed by atoms with Crippen molar-refractivity contribution in [1.29, 1.82) is 0 Å². The van der Waals surface area contributed by atoms with Crippen LogP contribution in [0.25, 0.3) is 0 Å². The predicted molar refractivity (Wildman–Crippen MR) is 85.4 cm³/mol. The van der Waals surface area contributed by atoms with E-state index in [9.17, 15) is 0 Å². The van der Waals surface area contributed by atoms with Gasteiger partial charge in [0.25, 0.3) is 0 Å². The van der Waals surface area contributed by atoms with E-state index in [2.05, 4.69) is 36.5 Å². The van der Waals surface area contributed by atoms with E-state index in [1.54, 1.807) is 0 Å². The molecule has 0 aromatic heterocycles. The quantitative estimate of drug-likeness (QED) is 0.840. The van der Waals surface area contributed by atoms with Crippen LogP contribution in [0.5, 0.6) is 5.75 Å². The highest BCUT2D eigenvalue weighted by Crippen LogP contribution is 2.60. The molecule has 4 rings (SSSR count). The summed E-state index contributed by atoms with van der Waals surface area (Å²) in [7, 11) is 0. The van der Waals surface area contributed by atoms with Crippen molar-refractivity contribution in [2.75, 3.05) is 6.54 Å². The van der Waals surface area contributed by atoms with Crippen LogP contribution in [0.1, 0.15) is 57.1 Å². The fourth-order valence-corrected chi connectivity index (χ4v) is 4.37. The van der Waals surface area contributed by atoms with Crippen LogP contribution in [0.3, 0.4) is 0 Å². The molecule has 3 atom stereocenters. The molecule has 0 heterocycles. The van der Waals surface area contributed by atoms with Gasteiger partial charge >= 0.3 is 0 Å². The topological polar surface area (TPSA) is 21.3 Å². The Morgan fingerprint density at radius 1 is 1.05 bits per heavy atom. The molecule has 3 aliphatic carbocycles. The van der Waals surface area contributed by atoms with Gasteiger partial charge in [0.2, 0.25) is 0 Å². The Hall–Kier alpha value is -1.02. The fraction of sp³-hybridized carbons (Fsp3) is 0.684. The fourth-order valence-electron chi connectivity index (χ4n) is 4.37. The first kappa shape index (κ1) is 13.6. The second-order valence-corrected chi connectivity index (χ2v) is 7.11. The number of benzene rings is 1. The normalized spacial score (nSPS) is 32.3. The van der Waals surface area contributed by atoms with Crippen molar-refractivity contribution in [3.05, 3.63) is 29.8 Å². The molecule has 0 spiro atoms. The molecule has 1 aromatic rings. The molecule has 2 heteroatoms. The second kappa shape index (κ2) is 5.64. The molecule has 114 valence electrons. The van der Waals surface area contributed by atoms with Gasteiger partial charge in [0.05, 0.1) is 6.10 Å². The van der Waals surface area contributed by atoms with Gasteiger partial charge < -0.3 is 10.1 Å². The summed E-state index contributed by atoms with van der Waals surface area (Å²) in [6.07, 6.45) is 8.77. The van der Waals surface area contributed by atoms with Crippen molar-refractivity contribution in [2.24, 2.45) is 17.8 Å². The number of ether oxygens (including phenoxy) is 1. The maximum Gasteiger partial charge on any atom is 0.119 e. The first-order valence-electron chi connectivity index (χ1n) is 8.87. The van der Waals surface area contributed by atoms with Crippen molar-refractivity contribution < 1.29 is 4.74 Å². The molecule has 3 aliphatic rings. The Balaban J connectivity index is 1.47. The molecule has 21 heavy (non-hydrogen) atoms. The van der Waals surface area contributed by atoms with E-state index in [-0.39, 0.29) is 0 Å². The molecule has 1 aromatic carbocycles. The highest BCUT2D eigenvalue weighted by Gasteiger charge is 2.54. The number of hydrogen-bond acceptors (Lipinski definition) is 2. The van der Waals surface area contributed by atoms with Crippen LogP contribution in [0.2, 0.25) is 0 Å². The Morgan fingerprint density at radius 2 is 1.71 bits per heavy atom. The molecule has 1 N–H and O–H groups in total. The van der Waals surface area contributed by atoms with Gasteiger partial charge in [0, 0.05) is 6.04 Å². The minimum Gasteiger partial charge on any atom is -0.490 e. The van der Waals surface area contributed by atoms with Gasteiger partial charge in [-0.3, -0.25) is 0 Å². The van der Waals surface area contributed by atoms with Gasteiger partial charge in [0.1, 0.15) is 5.75 Å². The molecule has 0 saturated heterocycles. The van der Waals surface area contributed by atoms with Gasteiger partial charge in [-0.1, -0.05) is 31.9 Å². The number of hydrogen-bond donors (Lipinski definition) is 1. The average Bonchev–Trinajstić information content (AvgIpc) is 3.41. The summed E-state index contributed by atoms with van der Waals surface area (Å²) in [5.74, 6) is 3.91. The molecule has 0 amide bonds. The summed E-state index contributed by atoms with van der Waals surface area (Å²) in [6, 6.07) is 9.47. The lowest BCUT2D eigenvalue weighted by Gasteiger charge is -2.19. The Kier molecular flexibility index (Phi) is 3.66. The van der Waals surface area contributed by atoms with E-state index in [0.29, 0.717) is 12.1 Å². The van der Waals surface area contributed by atoms with Crippen LogP contribution in [-0.4, -0.2) is 12.6 Å². The van der Waals surface area contributed by atoms with Crippen LogP contribution in [0.15, 0.2) is 24.3 Å². The minimum atomic E-state index is 0.492. The Labute approximate surface area is 128 Å². The van der Waals surface area contributed by atoms with Crippen molar-refractivity contribution in [3.8, 4) is 5.75 Å². The second-order valence-electron chi connectivity index (χ2n) is 7.11. The molecule has 3 unspecified atom stereocenters. The van der Waals surface area contributed by atoms with Crippen molar-refractivity contribution in [1.82, 2.24) is 5.32 Å². The lowest BCUT2D eigenvalue weighted by atomic mass is 9.99. The summed E-state index contributed by atoms with van der Waals surface area (Å²) < 4.78 is 5.87. The molecule has 3 saturated carbocycles. The molecule has 3 fully saturated rings. The van der Waals surface area contributed by atoms with E-state index in [4.69, 9.17) is 4.74 Å². The third-order valence-electron chi connectivity index (χ3n) is 5.60. The minimum absolute atomic E-state index is 0.492. The lowest BCUT2D eigenvalue weighted by molar-refractivity contribution is 0.303. The summed E-state index contributed by atoms with van der Waals surface area (Å²) in [6.45, 7) is 3.28. The summed E-state index contributed by atoms with van der Waals surface area (Å²) in [5.41, 5.74) is 1.46. The molecule has 0 bridgehead atoms. The largest absolute Gasteiger partial charge is 0.490 e. The van der Waals surface area contributed by atoms with E-state index >= 15 is 0 Å². The number of rotatable bonds is 6. The van der Waals surface area contributed by atoms with Gasteiger partial charge in [-0.05, 0) is 67.7 Å². The first-order chi connectivity index (χ1) is 10.4. The van der Waals surface area contributed by atoms with Gasteiger partial charge in [-0.15, -0.1) is 0 Å². The zero-order valence-corrected chi connectivity index (χ0v) is 13.1. The molecular weight excluding hydrogens is 258 g/mol. The molecule has 0 aliphatic heterocycles. The standard InChI is InChI=1S/C19H27NO/c1-2-20-19(18-16-5-3-4-6-17(16)18)13-7-9-14(10-8-13)21-15-11-12-15/h7-10,15-20H,2-6,11-12H2,1H3.